The Morgan fingerprint density at radius 1 is 0.943 bits per heavy atom. The van der Waals surface area contributed by atoms with Crippen LogP contribution in [-0.2, 0) is 4.74 Å². The Bertz CT molecular complexity index is 1450. The van der Waals surface area contributed by atoms with Crippen molar-refractivity contribution in [1.82, 2.24) is 29.7 Å². The summed E-state index contributed by atoms with van der Waals surface area (Å²) in [6.07, 6.45) is 8.16. The topological polar surface area (TPSA) is 97.1 Å². The molecular weight excluding hydrogens is 444 g/mol. The van der Waals surface area contributed by atoms with Gasteiger partial charge in [0.25, 0.3) is 0 Å². The maximum atomic E-state index is 6.15. The molecule has 2 atom stereocenters. The van der Waals surface area contributed by atoms with Crippen LogP contribution in [0.15, 0.2) is 30.6 Å². The van der Waals surface area contributed by atoms with Gasteiger partial charge in [0.15, 0.2) is 17.1 Å². The minimum atomic E-state index is -0.0135. The molecule has 0 N–H and O–H groups in total. The first-order valence-electron chi connectivity index (χ1n) is 12.2. The van der Waals surface area contributed by atoms with Crippen LogP contribution >= 0.6 is 0 Å². The Labute approximate surface area is 202 Å². The second kappa shape index (κ2) is 7.98. The average Bonchev–Trinajstić information content (AvgIpc) is 3.41. The van der Waals surface area contributed by atoms with Gasteiger partial charge in [0.1, 0.15) is 17.0 Å². The van der Waals surface area contributed by atoms with Crippen molar-refractivity contribution in [2.75, 3.05) is 13.4 Å². The smallest absolute Gasteiger partial charge is 0.231 e. The predicted molar refractivity (Wildman–Crippen MR) is 127 cm³/mol. The van der Waals surface area contributed by atoms with Gasteiger partial charge < -0.3 is 14.2 Å². The largest absolute Gasteiger partial charge is 0.454 e. The monoisotopic (exact) mass is 470 g/mol. The maximum Gasteiger partial charge on any atom is 0.231 e. The van der Waals surface area contributed by atoms with Gasteiger partial charge in [-0.25, -0.2) is 19.9 Å². The van der Waals surface area contributed by atoms with E-state index in [0.29, 0.717) is 29.6 Å². The number of aryl methyl sites for hydroxylation is 2. The zero-order valence-corrected chi connectivity index (χ0v) is 19.8. The Morgan fingerprint density at radius 3 is 2.69 bits per heavy atom. The highest BCUT2D eigenvalue weighted by atomic mass is 16.7. The second-order valence-corrected chi connectivity index (χ2v) is 9.63. The summed E-state index contributed by atoms with van der Waals surface area (Å²) in [5, 5.41) is 4.56. The van der Waals surface area contributed by atoms with Gasteiger partial charge >= 0.3 is 0 Å². The number of aromatic nitrogens is 6. The third kappa shape index (κ3) is 3.70. The average molecular weight is 471 g/mol. The molecule has 1 aromatic carbocycles. The summed E-state index contributed by atoms with van der Waals surface area (Å²) in [5.41, 5.74) is 5.87. The summed E-state index contributed by atoms with van der Waals surface area (Å²) in [6, 6.07) is 6.43. The molecule has 7 rings (SSSR count). The summed E-state index contributed by atoms with van der Waals surface area (Å²) >= 11 is 0. The van der Waals surface area contributed by atoms with Gasteiger partial charge in [-0.1, -0.05) is 0 Å². The van der Waals surface area contributed by atoms with Gasteiger partial charge in [0, 0.05) is 29.8 Å². The molecule has 3 aromatic heterocycles. The van der Waals surface area contributed by atoms with Crippen LogP contribution in [0, 0.1) is 13.8 Å². The number of benzene rings is 1. The van der Waals surface area contributed by atoms with E-state index < -0.39 is 0 Å². The molecule has 3 aliphatic rings. The molecule has 9 heteroatoms. The SMILES string of the molecule is Cc1nc2nc([C@H]3CCO[C@@H](c4cnn(C5CC5)c4)C3)nc(-c3ccc4c(c3)OCO4)c2nc1C. The van der Waals surface area contributed by atoms with Gasteiger partial charge in [-0.3, -0.25) is 4.68 Å². The molecule has 0 amide bonds. The molecule has 1 aliphatic carbocycles. The Hall–Kier alpha value is -3.59. The lowest BCUT2D eigenvalue weighted by Crippen LogP contribution is -2.20. The van der Waals surface area contributed by atoms with E-state index in [9.17, 15) is 0 Å². The lowest BCUT2D eigenvalue weighted by Gasteiger charge is -2.28. The molecule has 0 spiro atoms. The first-order valence-corrected chi connectivity index (χ1v) is 12.2. The Morgan fingerprint density at radius 2 is 1.80 bits per heavy atom. The molecule has 0 radical (unpaired) electrons. The van der Waals surface area contributed by atoms with E-state index in [1.807, 2.05) is 38.2 Å². The first-order chi connectivity index (χ1) is 17.1. The van der Waals surface area contributed by atoms with Crippen molar-refractivity contribution >= 4 is 11.2 Å². The molecule has 4 aromatic rings. The van der Waals surface area contributed by atoms with Crippen molar-refractivity contribution in [1.29, 1.82) is 0 Å². The molecule has 2 fully saturated rings. The fourth-order valence-corrected chi connectivity index (χ4v) is 4.88. The summed E-state index contributed by atoms with van der Waals surface area (Å²) in [7, 11) is 0. The second-order valence-electron chi connectivity index (χ2n) is 9.63. The molecule has 2 aliphatic heterocycles. The Kier molecular flexibility index (Phi) is 4.73. The number of fused-ring (bicyclic) bond motifs is 2. The highest BCUT2D eigenvalue weighted by Crippen LogP contribution is 2.41. The van der Waals surface area contributed by atoms with Gasteiger partial charge in [0.2, 0.25) is 6.79 Å². The van der Waals surface area contributed by atoms with E-state index in [2.05, 4.69) is 16.0 Å². The van der Waals surface area contributed by atoms with E-state index in [4.69, 9.17) is 34.1 Å². The number of nitrogens with zero attached hydrogens (tertiary/aromatic N) is 6. The third-order valence-electron chi connectivity index (χ3n) is 7.17. The quantitative estimate of drug-likeness (QED) is 0.427. The van der Waals surface area contributed by atoms with Crippen molar-refractivity contribution < 1.29 is 14.2 Å². The van der Waals surface area contributed by atoms with Crippen molar-refractivity contribution in [3.8, 4) is 22.8 Å². The van der Waals surface area contributed by atoms with Crippen LogP contribution in [-0.4, -0.2) is 43.1 Å². The molecule has 35 heavy (non-hydrogen) atoms. The molecule has 1 saturated carbocycles. The highest BCUT2D eigenvalue weighted by molar-refractivity contribution is 5.87. The van der Waals surface area contributed by atoms with Crippen LogP contribution in [0.2, 0.25) is 0 Å². The molecule has 5 heterocycles. The summed E-state index contributed by atoms with van der Waals surface area (Å²) in [4.78, 5) is 19.6. The Balaban J connectivity index is 1.29. The zero-order chi connectivity index (χ0) is 23.5. The van der Waals surface area contributed by atoms with Gasteiger partial charge in [-0.2, -0.15) is 5.10 Å². The normalized spacial score (nSPS) is 21.5. The number of hydrogen-bond acceptors (Lipinski definition) is 8. The van der Waals surface area contributed by atoms with E-state index in [0.717, 1.165) is 52.6 Å². The van der Waals surface area contributed by atoms with Crippen LogP contribution in [0.4, 0.5) is 0 Å². The van der Waals surface area contributed by atoms with Gasteiger partial charge in [0.05, 0.1) is 29.7 Å². The fraction of sp³-hybridized carbons (Fsp3) is 0.423. The molecule has 1 saturated heterocycles. The van der Waals surface area contributed by atoms with E-state index >= 15 is 0 Å². The minimum Gasteiger partial charge on any atom is -0.454 e. The zero-order valence-electron chi connectivity index (χ0n) is 19.8. The lowest BCUT2D eigenvalue weighted by molar-refractivity contribution is 0.00396. The minimum absolute atomic E-state index is 0.0135. The summed E-state index contributed by atoms with van der Waals surface area (Å²) in [6.45, 7) is 4.81. The molecular formula is C26H26N6O3. The number of rotatable bonds is 4. The summed E-state index contributed by atoms with van der Waals surface area (Å²) < 4.78 is 19.3. The molecule has 9 nitrogen and oxygen atoms in total. The van der Waals surface area contributed by atoms with Gasteiger partial charge in [-0.05, 0) is 57.7 Å². The highest BCUT2D eigenvalue weighted by Gasteiger charge is 2.31. The van der Waals surface area contributed by atoms with Crippen LogP contribution in [0.1, 0.15) is 66.5 Å². The standard InChI is InChI=1S/C26H26N6O3/c1-14-15(2)29-26-24(28-14)23(16-3-6-20-22(9-16)35-13-34-20)30-25(31-26)17-7-8-33-21(10-17)18-11-27-32(12-18)19-4-5-19/h3,6,9,11-12,17,19,21H,4-5,7-8,10,13H2,1-2H3/t17-,21+/m0/s1. The van der Waals surface area contributed by atoms with Crippen LogP contribution < -0.4 is 9.47 Å². The first kappa shape index (κ1) is 20.8. The molecule has 178 valence electrons. The van der Waals surface area contributed by atoms with Crippen LogP contribution in [0.5, 0.6) is 11.5 Å². The van der Waals surface area contributed by atoms with Gasteiger partial charge in [-0.15, -0.1) is 0 Å². The van der Waals surface area contributed by atoms with E-state index in [1.54, 1.807) is 0 Å². The third-order valence-corrected chi connectivity index (χ3v) is 7.17. The fourth-order valence-electron chi connectivity index (χ4n) is 4.88. The van der Waals surface area contributed by atoms with E-state index in [-0.39, 0.29) is 18.8 Å². The number of hydrogen-bond donors (Lipinski definition) is 0. The van der Waals surface area contributed by atoms with Crippen LogP contribution in [0.3, 0.4) is 0 Å². The lowest BCUT2D eigenvalue weighted by atomic mass is 9.92. The van der Waals surface area contributed by atoms with E-state index in [1.165, 1.54) is 12.8 Å². The van der Waals surface area contributed by atoms with Crippen molar-refractivity contribution in [2.45, 2.75) is 57.6 Å². The predicted octanol–water partition coefficient (Wildman–Crippen LogP) is 4.60. The number of ether oxygens (including phenoxy) is 3. The van der Waals surface area contributed by atoms with Crippen molar-refractivity contribution in [2.24, 2.45) is 0 Å². The maximum absolute atomic E-state index is 6.15. The van der Waals surface area contributed by atoms with Crippen LogP contribution in [0.25, 0.3) is 22.4 Å². The van der Waals surface area contributed by atoms with Crippen molar-refractivity contribution in [3.05, 3.63) is 53.4 Å². The molecule has 0 bridgehead atoms. The summed E-state index contributed by atoms with van der Waals surface area (Å²) in [5.74, 6) is 2.39. The van der Waals surface area contributed by atoms with Crippen molar-refractivity contribution in [3.63, 3.8) is 0 Å². The molecule has 0 unspecified atom stereocenters.